The molecule has 0 aromatic heterocycles. The van der Waals surface area contributed by atoms with Crippen LogP contribution in [0, 0.1) is 0 Å². The third kappa shape index (κ3) is 4.33. The van der Waals surface area contributed by atoms with Crippen LogP contribution in [0.1, 0.15) is 12.8 Å². The summed E-state index contributed by atoms with van der Waals surface area (Å²) in [5.74, 6) is 0.930. The van der Waals surface area contributed by atoms with E-state index in [1.54, 1.807) is 7.11 Å². The maximum absolute atomic E-state index is 5.65. The lowest BCUT2D eigenvalue weighted by Crippen LogP contribution is -2.52. The van der Waals surface area contributed by atoms with Gasteiger partial charge < -0.3 is 24.4 Å². The van der Waals surface area contributed by atoms with Gasteiger partial charge in [0.25, 0.3) is 0 Å². The Labute approximate surface area is 115 Å². The summed E-state index contributed by atoms with van der Waals surface area (Å²) in [5.41, 5.74) is 0. The van der Waals surface area contributed by atoms with E-state index in [9.17, 15) is 0 Å². The Morgan fingerprint density at radius 3 is 2.89 bits per heavy atom. The summed E-state index contributed by atoms with van der Waals surface area (Å²) in [4.78, 5) is 6.57. The normalized spacial score (nSPS) is 28.7. The minimum absolute atomic E-state index is 0.125. The molecule has 0 spiro atoms. The molecule has 0 aromatic rings. The third-order valence-electron chi connectivity index (χ3n) is 3.51. The van der Waals surface area contributed by atoms with Gasteiger partial charge in [0.1, 0.15) is 0 Å². The lowest BCUT2D eigenvalue weighted by molar-refractivity contribution is -0.0448. The van der Waals surface area contributed by atoms with Gasteiger partial charge in [0.05, 0.1) is 25.4 Å². The molecule has 2 fully saturated rings. The Balaban J connectivity index is 1.79. The van der Waals surface area contributed by atoms with E-state index in [0.717, 1.165) is 38.6 Å². The Morgan fingerprint density at radius 1 is 1.37 bits per heavy atom. The Bertz CT molecular complexity index is 291. The van der Waals surface area contributed by atoms with Crippen LogP contribution in [0.4, 0.5) is 0 Å². The van der Waals surface area contributed by atoms with Crippen LogP contribution in [0.25, 0.3) is 0 Å². The van der Waals surface area contributed by atoms with E-state index in [0.29, 0.717) is 19.3 Å². The molecule has 2 unspecified atom stereocenters. The highest BCUT2D eigenvalue weighted by molar-refractivity contribution is 5.80. The Hall–Kier alpha value is -0.850. The number of hydrogen-bond acceptors (Lipinski definition) is 4. The quantitative estimate of drug-likeness (QED) is 0.580. The van der Waals surface area contributed by atoms with Gasteiger partial charge in [-0.2, -0.15) is 0 Å². The van der Waals surface area contributed by atoms with Crippen LogP contribution in [0.5, 0.6) is 0 Å². The van der Waals surface area contributed by atoms with Crippen molar-refractivity contribution in [2.45, 2.75) is 25.0 Å². The molecule has 2 atom stereocenters. The highest BCUT2D eigenvalue weighted by Crippen LogP contribution is 2.11. The van der Waals surface area contributed by atoms with Gasteiger partial charge in [-0.05, 0) is 12.8 Å². The monoisotopic (exact) mass is 271 g/mol. The van der Waals surface area contributed by atoms with Gasteiger partial charge in [-0.3, -0.25) is 4.99 Å². The van der Waals surface area contributed by atoms with Crippen LogP contribution in [0.15, 0.2) is 4.99 Å². The number of aliphatic imine (C=N–C) groups is 1. The molecule has 0 saturated carbocycles. The Kier molecular flexibility index (Phi) is 5.88. The molecule has 0 amide bonds. The first-order valence-electron chi connectivity index (χ1n) is 7.01. The number of rotatable bonds is 4. The minimum atomic E-state index is 0.125. The van der Waals surface area contributed by atoms with E-state index >= 15 is 0 Å². The molecule has 0 aliphatic carbocycles. The molecule has 0 aromatic carbocycles. The van der Waals surface area contributed by atoms with E-state index in [-0.39, 0.29) is 6.10 Å². The number of nitrogens with one attached hydrogen (secondary N) is 1. The molecule has 2 heterocycles. The highest BCUT2D eigenvalue weighted by atomic mass is 16.5. The molecule has 1 N–H and O–H groups in total. The first-order valence-corrected chi connectivity index (χ1v) is 7.01. The van der Waals surface area contributed by atoms with Crippen molar-refractivity contribution in [3.05, 3.63) is 0 Å². The summed E-state index contributed by atoms with van der Waals surface area (Å²) in [6, 6.07) is 0. The van der Waals surface area contributed by atoms with E-state index in [1.807, 2.05) is 7.05 Å². The molecule has 19 heavy (non-hydrogen) atoms. The fourth-order valence-electron chi connectivity index (χ4n) is 2.54. The SMILES string of the molecule is CN=C(NCC1CCCO1)N1CCOC(COC)C1. The number of morpholine rings is 1. The first-order chi connectivity index (χ1) is 9.33. The molecule has 6 nitrogen and oxygen atoms in total. The molecule has 0 radical (unpaired) electrons. The number of methoxy groups -OCH3 is 1. The predicted octanol–water partition coefficient (Wildman–Crippen LogP) is 0.0880. The van der Waals surface area contributed by atoms with Crippen molar-refractivity contribution in [3.8, 4) is 0 Å². The molecule has 6 heteroatoms. The second kappa shape index (κ2) is 7.67. The summed E-state index contributed by atoms with van der Waals surface area (Å²) in [6.45, 7) is 4.75. The number of hydrogen-bond donors (Lipinski definition) is 1. The van der Waals surface area contributed by atoms with Crippen LogP contribution in [-0.2, 0) is 14.2 Å². The van der Waals surface area contributed by atoms with Crippen LogP contribution in [0.2, 0.25) is 0 Å². The van der Waals surface area contributed by atoms with Gasteiger partial charge >= 0.3 is 0 Å². The zero-order valence-electron chi connectivity index (χ0n) is 11.9. The zero-order valence-corrected chi connectivity index (χ0v) is 11.9. The molecule has 2 aliphatic rings. The predicted molar refractivity (Wildman–Crippen MR) is 73.5 cm³/mol. The van der Waals surface area contributed by atoms with Crippen LogP contribution < -0.4 is 5.32 Å². The largest absolute Gasteiger partial charge is 0.382 e. The van der Waals surface area contributed by atoms with Gasteiger partial charge in [-0.15, -0.1) is 0 Å². The van der Waals surface area contributed by atoms with Crippen molar-refractivity contribution < 1.29 is 14.2 Å². The lowest BCUT2D eigenvalue weighted by Gasteiger charge is -2.35. The number of ether oxygens (including phenoxy) is 3. The zero-order chi connectivity index (χ0) is 13.5. The molecular weight excluding hydrogens is 246 g/mol. The maximum atomic E-state index is 5.65. The summed E-state index contributed by atoms with van der Waals surface area (Å²) >= 11 is 0. The van der Waals surface area contributed by atoms with Crippen molar-refractivity contribution in [1.82, 2.24) is 10.2 Å². The maximum Gasteiger partial charge on any atom is 0.193 e. The topological polar surface area (TPSA) is 55.3 Å². The average Bonchev–Trinajstić information content (AvgIpc) is 2.94. The van der Waals surface area contributed by atoms with Gasteiger partial charge in [0.15, 0.2) is 5.96 Å². The molecule has 2 saturated heterocycles. The fraction of sp³-hybridized carbons (Fsp3) is 0.923. The molecule has 2 aliphatic heterocycles. The van der Waals surface area contributed by atoms with E-state index in [2.05, 4.69) is 15.2 Å². The lowest BCUT2D eigenvalue weighted by atomic mass is 10.2. The highest BCUT2D eigenvalue weighted by Gasteiger charge is 2.23. The van der Waals surface area contributed by atoms with Crippen molar-refractivity contribution in [1.29, 1.82) is 0 Å². The van der Waals surface area contributed by atoms with Gasteiger partial charge in [-0.1, -0.05) is 0 Å². The van der Waals surface area contributed by atoms with Crippen LogP contribution in [0.3, 0.4) is 0 Å². The van der Waals surface area contributed by atoms with Gasteiger partial charge in [0.2, 0.25) is 0 Å². The smallest absolute Gasteiger partial charge is 0.193 e. The number of guanidine groups is 1. The average molecular weight is 271 g/mol. The number of nitrogens with zero attached hydrogens (tertiary/aromatic N) is 2. The van der Waals surface area contributed by atoms with Crippen molar-refractivity contribution in [2.75, 3.05) is 53.6 Å². The van der Waals surface area contributed by atoms with Crippen LogP contribution >= 0.6 is 0 Å². The molecular formula is C13H25N3O3. The van der Waals surface area contributed by atoms with Gasteiger partial charge in [0, 0.05) is 40.4 Å². The fourth-order valence-corrected chi connectivity index (χ4v) is 2.54. The first kappa shape index (κ1) is 14.6. The second-order valence-electron chi connectivity index (χ2n) is 4.96. The molecule has 110 valence electrons. The van der Waals surface area contributed by atoms with E-state index < -0.39 is 0 Å². The minimum Gasteiger partial charge on any atom is -0.382 e. The summed E-state index contributed by atoms with van der Waals surface area (Å²) in [6.07, 6.45) is 2.75. The van der Waals surface area contributed by atoms with Crippen molar-refractivity contribution in [2.24, 2.45) is 4.99 Å². The van der Waals surface area contributed by atoms with Crippen molar-refractivity contribution in [3.63, 3.8) is 0 Å². The van der Waals surface area contributed by atoms with Crippen LogP contribution in [-0.4, -0.2) is 76.7 Å². The van der Waals surface area contributed by atoms with E-state index in [1.165, 1.54) is 6.42 Å². The third-order valence-corrected chi connectivity index (χ3v) is 3.51. The van der Waals surface area contributed by atoms with Crippen molar-refractivity contribution >= 4 is 5.96 Å². The molecule has 2 rings (SSSR count). The van der Waals surface area contributed by atoms with E-state index in [4.69, 9.17) is 14.2 Å². The summed E-state index contributed by atoms with van der Waals surface area (Å²) < 4.78 is 16.4. The Morgan fingerprint density at radius 2 is 2.21 bits per heavy atom. The standard InChI is InChI=1S/C13H25N3O3/c1-14-13(15-8-11-4-3-6-18-11)16-5-7-19-12(9-16)10-17-2/h11-12H,3-10H2,1-2H3,(H,14,15). The molecule has 0 bridgehead atoms. The second-order valence-corrected chi connectivity index (χ2v) is 4.96. The van der Waals surface area contributed by atoms with Gasteiger partial charge in [-0.25, -0.2) is 0 Å². The summed E-state index contributed by atoms with van der Waals surface area (Å²) in [7, 11) is 3.52. The summed E-state index contributed by atoms with van der Waals surface area (Å²) in [5, 5.41) is 3.40.